The van der Waals surface area contributed by atoms with Gasteiger partial charge >= 0.3 is 6.09 Å². The smallest absolute Gasteiger partial charge is 0.408 e. The van der Waals surface area contributed by atoms with Crippen LogP contribution in [-0.2, 0) is 14.3 Å². The van der Waals surface area contributed by atoms with Crippen molar-refractivity contribution < 1.29 is 19.1 Å². The Labute approximate surface area is 218 Å². The summed E-state index contributed by atoms with van der Waals surface area (Å²) in [6, 6.07) is 5.86. The Morgan fingerprint density at radius 3 is 2.25 bits per heavy atom. The van der Waals surface area contributed by atoms with E-state index in [2.05, 4.69) is 31.4 Å². The van der Waals surface area contributed by atoms with E-state index >= 15 is 0 Å². The van der Waals surface area contributed by atoms with Gasteiger partial charge in [0.1, 0.15) is 17.7 Å². The molecule has 7 nitrogen and oxygen atoms in total. The molecular weight excluding hydrogens is 454 g/mol. The van der Waals surface area contributed by atoms with Crippen molar-refractivity contribution in [1.82, 2.24) is 15.5 Å². The molecule has 0 saturated carbocycles. The summed E-state index contributed by atoms with van der Waals surface area (Å²) < 4.78 is 5.36. The summed E-state index contributed by atoms with van der Waals surface area (Å²) in [5.41, 5.74) is 1.09. The fraction of sp³-hybridized carbons (Fsp3) is 0.690. The molecular formula is C29H49N3O4. The highest BCUT2D eigenvalue weighted by Crippen LogP contribution is 2.28. The molecule has 2 N–H and O–H groups in total. The summed E-state index contributed by atoms with van der Waals surface area (Å²) in [5, 5.41) is 5.73. The third-order valence-corrected chi connectivity index (χ3v) is 5.96. The predicted octanol–water partition coefficient (Wildman–Crippen LogP) is 5.91. The number of aryl methyl sites for hydroxylation is 1. The molecule has 3 unspecified atom stereocenters. The van der Waals surface area contributed by atoms with E-state index in [4.69, 9.17) is 4.74 Å². The number of amides is 3. The Morgan fingerprint density at radius 2 is 1.69 bits per heavy atom. The third-order valence-electron chi connectivity index (χ3n) is 5.96. The van der Waals surface area contributed by atoms with Crippen LogP contribution in [0.4, 0.5) is 4.79 Å². The van der Waals surface area contributed by atoms with E-state index in [0.29, 0.717) is 12.5 Å². The van der Waals surface area contributed by atoms with E-state index in [-0.39, 0.29) is 17.9 Å². The van der Waals surface area contributed by atoms with Gasteiger partial charge in [0.25, 0.3) is 0 Å². The number of unbranched alkanes of at least 4 members (excludes halogenated alkanes) is 2. The van der Waals surface area contributed by atoms with Gasteiger partial charge in [0, 0.05) is 12.6 Å². The molecule has 0 bridgehead atoms. The van der Waals surface area contributed by atoms with E-state index < -0.39 is 23.8 Å². The zero-order chi connectivity index (χ0) is 27.5. The summed E-state index contributed by atoms with van der Waals surface area (Å²) in [6.07, 6.45) is 3.97. The molecule has 1 aromatic carbocycles. The molecule has 0 spiro atoms. The number of carbonyl (C=O) groups excluding carboxylic acids is 3. The van der Waals surface area contributed by atoms with Crippen LogP contribution in [0.2, 0.25) is 0 Å². The highest BCUT2D eigenvalue weighted by atomic mass is 16.6. The fourth-order valence-electron chi connectivity index (χ4n) is 4.04. The van der Waals surface area contributed by atoms with Crippen molar-refractivity contribution in [2.75, 3.05) is 6.54 Å². The molecule has 7 heteroatoms. The second-order valence-corrected chi connectivity index (χ2v) is 11.2. The lowest BCUT2D eigenvalue weighted by Gasteiger charge is -2.38. The highest BCUT2D eigenvalue weighted by Gasteiger charge is 2.37. The lowest BCUT2D eigenvalue weighted by molar-refractivity contribution is -0.144. The van der Waals surface area contributed by atoms with Gasteiger partial charge in [0.05, 0.1) is 0 Å². The van der Waals surface area contributed by atoms with Gasteiger partial charge in [-0.25, -0.2) is 4.79 Å². The van der Waals surface area contributed by atoms with Crippen molar-refractivity contribution in [3.05, 3.63) is 35.4 Å². The van der Waals surface area contributed by atoms with Crippen LogP contribution in [-0.4, -0.2) is 47.0 Å². The van der Waals surface area contributed by atoms with Gasteiger partial charge in [0.2, 0.25) is 11.8 Å². The van der Waals surface area contributed by atoms with E-state index in [9.17, 15) is 14.4 Å². The lowest BCUT2D eigenvalue weighted by Crippen LogP contribution is -2.54. The molecule has 0 saturated heterocycles. The monoisotopic (exact) mass is 503 g/mol. The van der Waals surface area contributed by atoms with Crippen molar-refractivity contribution in [2.45, 2.75) is 118 Å². The first-order chi connectivity index (χ1) is 16.8. The maximum absolute atomic E-state index is 13.9. The molecule has 1 aromatic rings. The van der Waals surface area contributed by atoms with Gasteiger partial charge in [-0.3, -0.25) is 9.59 Å². The number of hydrogen-bond donors (Lipinski definition) is 2. The first kappa shape index (κ1) is 31.5. The standard InChI is InChI=1S/C29H49N3O4/c1-10-11-12-18-30-26(33)25(24-15-13-14-21(4)19-24)32(22(5)17-16-20(2)3)27(34)23(6)31-28(35)36-29(7,8)9/h13-15,19-20,22-23,25H,10-12,16-18H2,1-9H3,(H,30,33)(H,31,35). The van der Waals surface area contributed by atoms with Crippen LogP contribution in [0.1, 0.15) is 105 Å². The van der Waals surface area contributed by atoms with Crippen molar-refractivity contribution in [1.29, 1.82) is 0 Å². The molecule has 0 fully saturated rings. The number of nitrogens with one attached hydrogen (secondary N) is 2. The van der Waals surface area contributed by atoms with Crippen LogP contribution in [0.25, 0.3) is 0 Å². The first-order valence-electron chi connectivity index (χ1n) is 13.4. The molecule has 0 aliphatic heterocycles. The van der Waals surface area contributed by atoms with Gasteiger partial charge in [0.15, 0.2) is 0 Å². The molecule has 0 aromatic heterocycles. The molecule has 1 rings (SSSR count). The van der Waals surface area contributed by atoms with E-state index in [1.54, 1.807) is 32.6 Å². The second-order valence-electron chi connectivity index (χ2n) is 11.2. The number of rotatable bonds is 13. The average molecular weight is 504 g/mol. The molecule has 0 aliphatic carbocycles. The Bertz CT molecular complexity index is 847. The topological polar surface area (TPSA) is 87.7 Å². The molecule has 3 atom stereocenters. The number of alkyl carbamates (subject to hydrolysis) is 1. The second kappa shape index (κ2) is 14.9. The van der Waals surface area contributed by atoms with Crippen LogP contribution < -0.4 is 10.6 Å². The van der Waals surface area contributed by atoms with Crippen LogP contribution in [0.5, 0.6) is 0 Å². The Kier molecular flexibility index (Phi) is 13.0. The normalized spacial score (nSPS) is 14.1. The van der Waals surface area contributed by atoms with Crippen molar-refractivity contribution in [3.63, 3.8) is 0 Å². The molecule has 36 heavy (non-hydrogen) atoms. The number of carbonyl (C=O) groups is 3. The zero-order valence-electron chi connectivity index (χ0n) is 23.9. The van der Waals surface area contributed by atoms with Crippen molar-refractivity contribution in [3.8, 4) is 0 Å². The quantitative estimate of drug-likeness (QED) is 0.328. The Balaban J connectivity index is 3.37. The number of benzene rings is 1. The zero-order valence-corrected chi connectivity index (χ0v) is 23.9. The van der Waals surface area contributed by atoms with Gasteiger partial charge in [-0.2, -0.15) is 0 Å². The van der Waals surface area contributed by atoms with Crippen LogP contribution in [0.15, 0.2) is 24.3 Å². The molecule has 0 heterocycles. The van der Waals surface area contributed by atoms with Gasteiger partial charge in [-0.15, -0.1) is 0 Å². The van der Waals surface area contributed by atoms with Crippen LogP contribution in [0, 0.1) is 12.8 Å². The highest BCUT2D eigenvalue weighted by molar-refractivity contribution is 5.92. The van der Waals surface area contributed by atoms with Crippen LogP contribution >= 0.6 is 0 Å². The molecule has 204 valence electrons. The minimum atomic E-state index is -0.860. The third kappa shape index (κ3) is 11.0. The largest absolute Gasteiger partial charge is 0.444 e. The Morgan fingerprint density at radius 1 is 1.03 bits per heavy atom. The van der Waals surface area contributed by atoms with Crippen molar-refractivity contribution >= 4 is 17.9 Å². The number of nitrogens with zero attached hydrogens (tertiary/aromatic N) is 1. The Hall–Kier alpha value is -2.57. The number of ether oxygens (including phenoxy) is 1. The van der Waals surface area contributed by atoms with Gasteiger partial charge in [-0.05, 0) is 72.3 Å². The van der Waals surface area contributed by atoms with Gasteiger partial charge in [-0.1, -0.05) is 63.4 Å². The summed E-state index contributed by atoms with van der Waals surface area (Å²) in [7, 11) is 0. The molecule has 3 amide bonds. The maximum Gasteiger partial charge on any atom is 0.408 e. The number of hydrogen-bond acceptors (Lipinski definition) is 4. The average Bonchev–Trinajstić information content (AvgIpc) is 2.76. The SMILES string of the molecule is CCCCCNC(=O)C(c1cccc(C)c1)N(C(=O)C(C)NC(=O)OC(C)(C)C)C(C)CCC(C)C. The van der Waals surface area contributed by atoms with E-state index in [1.807, 2.05) is 38.1 Å². The maximum atomic E-state index is 13.9. The summed E-state index contributed by atoms with van der Waals surface area (Å²) in [5.74, 6) is -0.0553. The first-order valence-corrected chi connectivity index (χ1v) is 13.4. The minimum Gasteiger partial charge on any atom is -0.444 e. The van der Waals surface area contributed by atoms with E-state index in [1.165, 1.54) is 0 Å². The summed E-state index contributed by atoms with van der Waals surface area (Å²) in [4.78, 5) is 41.6. The van der Waals surface area contributed by atoms with Crippen molar-refractivity contribution in [2.24, 2.45) is 5.92 Å². The summed E-state index contributed by atoms with van der Waals surface area (Å²) in [6.45, 7) is 17.9. The van der Waals surface area contributed by atoms with Crippen LogP contribution in [0.3, 0.4) is 0 Å². The van der Waals surface area contributed by atoms with Gasteiger partial charge < -0.3 is 20.3 Å². The minimum absolute atomic E-state index is 0.203. The predicted molar refractivity (Wildman–Crippen MR) is 146 cm³/mol. The molecule has 0 aliphatic rings. The fourth-order valence-corrected chi connectivity index (χ4v) is 4.04. The lowest BCUT2D eigenvalue weighted by atomic mass is 9.96. The summed E-state index contributed by atoms with van der Waals surface area (Å²) >= 11 is 0. The molecule has 0 radical (unpaired) electrons. The van der Waals surface area contributed by atoms with E-state index in [0.717, 1.165) is 43.2 Å².